The maximum Gasteiger partial charge on any atom is 0.317 e. The molecule has 0 saturated carbocycles. The van der Waals surface area contributed by atoms with Gasteiger partial charge >= 0.3 is 6.03 Å². The van der Waals surface area contributed by atoms with Crippen LogP contribution in [-0.2, 0) is 16.6 Å². The molecule has 1 atom stereocenters. The van der Waals surface area contributed by atoms with E-state index in [1.165, 1.54) is 24.1 Å². The zero-order chi connectivity index (χ0) is 16.8. The molecule has 0 aliphatic rings. The topological polar surface area (TPSA) is 102 Å². The Labute approximate surface area is 131 Å². The summed E-state index contributed by atoms with van der Waals surface area (Å²) in [6, 6.07) is 8.08. The molecule has 0 fully saturated rings. The monoisotopic (exact) mass is 324 g/mol. The molecule has 0 aliphatic carbocycles. The van der Waals surface area contributed by atoms with Crippen molar-refractivity contribution in [2.75, 3.05) is 20.6 Å². The lowest BCUT2D eigenvalue weighted by molar-refractivity contribution is 0.205. The summed E-state index contributed by atoms with van der Waals surface area (Å²) in [4.78, 5) is 13.4. The van der Waals surface area contributed by atoms with Crippen LogP contribution in [0.1, 0.15) is 12.5 Å². The molecule has 1 aromatic rings. The molecule has 0 spiro atoms. The van der Waals surface area contributed by atoms with E-state index in [2.05, 4.69) is 16.1 Å². The van der Waals surface area contributed by atoms with Crippen molar-refractivity contribution >= 4 is 16.1 Å². The lowest BCUT2D eigenvalue weighted by Gasteiger charge is -2.19. The summed E-state index contributed by atoms with van der Waals surface area (Å²) in [7, 11) is -0.559. The van der Waals surface area contributed by atoms with Crippen LogP contribution in [0.5, 0.6) is 0 Å². The van der Waals surface area contributed by atoms with Crippen LogP contribution in [0.3, 0.4) is 0 Å². The Morgan fingerprint density at radius 2 is 2.14 bits per heavy atom. The van der Waals surface area contributed by atoms with Crippen LogP contribution in [0, 0.1) is 17.2 Å². The number of nitriles is 1. The van der Waals surface area contributed by atoms with Crippen LogP contribution in [-0.4, -0.2) is 40.0 Å². The van der Waals surface area contributed by atoms with Crippen molar-refractivity contribution in [1.29, 1.82) is 5.26 Å². The summed E-state index contributed by atoms with van der Waals surface area (Å²) in [6.45, 7) is 2.27. The van der Waals surface area contributed by atoms with Crippen LogP contribution in [0.2, 0.25) is 0 Å². The largest absolute Gasteiger partial charge is 0.334 e. The molecule has 0 heterocycles. The summed E-state index contributed by atoms with van der Waals surface area (Å²) < 4.78 is 25.7. The number of rotatable bonds is 6. The molecule has 0 radical (unpaired) electrons. The summed E-state index contributed by atoms with van der Waals surface area (Å²) in [5, 5.41) is 11.4. The predicted molar refractivity (Wildman–Crippen MR) is 82.3 cm³/mol. The van der Waals surface area contributed by atoms with Gasteiger partial charge in [-0.3, -0.25) is 0 Å². The zero-order valence-electron chi connectivity index (χ0n) is 12.8. The molecule has 0 aromatic heterocycles. The van der Waals surface area contributed by atoms with Gasteiger partial charge in [0.05, 0.1) is 16.9 Å². The van der Waals surface area contributed by atoms with E-state index in [0.29, 0.717) is 12.1 Å². The highest BCUT2D eigenvalue weighted by molar-refractivity contribution is 7.89. The maximum absolute atomic E-state index is 11.9. The van der Waals surface area contributed by atoms with E-state index in [1.54, 1.807) is 26.1 Å². The Bertz CT molecular complexity index is 667. The first-order valence-electron chi connectivity index (χ1n) is 6.71. The van der Waals surface area contributed by atoms with Crippen molar-refractivity contribution in [3.05, 3.63) is 29.8 Å². The van der Waals surface area contributed by atoms with E-state index in [1.807, 2.05) is 0 Å². The molecule has 0 aliphatic heterocycles. The van der Waals surface area contributed by atoms with Gasteiger partial charge in [0, 0.05) is 20.1 Å². The minimum Gasteiger partial charge on any atom is -0.334 e. The van der Waals surface area contributed by atoms with Crippen molar-refractivity contribution in [2.24, 2.45) is 5.92 Å². The zero-order valence-corrected chi connectivity index (χ0v) is 13.6. The quantitative estimate of drug-likeness (QED) is 0.811. The third kappa shape index (κ3) is 5.02. The average molecular weight is 324 g/mol. The number of nitrogens with zero attached hydrogens (tertiary/aromatic N) is 2. The Kier molecular flexibility index (Phi) is 6.34. The highest BCUT2D eigenvalue weighted by Crippen LogP contribution is 2.11. The van der Waals surface area contributed by atoms with Crippen molar-refractivity contribution < 1.29 is 13.2 Å². The number of carbonyl (C=O) groups is 1. The van der Waals surface area contributed by atoms with E-state index < -0.39 is 10.0 Å². The third-order valence-corrected chi connectivity index (χ3v) is 4.45. The van der Waals surface area contributed by atoms with E-state index in [4.69, 9.17) is 5.26 Å². The Morgan fingerprint density at radius 3 is 2.73 bits per heavy atom. The fraction of sp³-hybridized carbons (Fsp3) is 0.429. The summed E-state index contributed by atoms with van der Waals surface area (Å²) in [5.41, 5.74) is 0.673. The maximum atomic E-state index is 11.9. The molecular formula is C14H20N4O3S. The first-order chi connectivity index (χ1) is 10.3. The first kappa shape index (κ1) is 17.9. The molecule has 0 bridgehead atoms. The second-order valence-electron chi connectivity index (χ2n) is 4.92. The fourth-order valence-electron chi connectivity index (χ4n) is 1.79. The molecule has 0 saturated heterocycles. The highest BCUT2D eigenvalue weighted by atomic mass is 32.2. The van der Waals surface area contributed by atoms with E-state index in [0.717, 1.165) is 0 Å². The molecule has 0 unspecified atom stereocenters. The predicted octanol–water partition coefficient (Wildman–Crippen LogP) is 0.896. The number of hydrogen-bond acceptors (Lipinski definition) is 4. The van der Waals surface area contributed by atoms with Crippen LogP contribution in [0.15, 0.2) is 29.2 Å². The number of nitrogens with one attached hydrogen (secondary N) is 2. The van der Waals surface area contributed by atoms with Gasteiger partial charge in [0.15, 0.2) is 0 Å². The van der Waals surface area contributed by atoms with E-state index in [9.17, 15) is 13.2 Å². The van der Waals surface area contributed by atoms with Crippen LogP contribution < -0.4 is 10.0 Å². The van der Waals surface area contributed by atoms with Gasteiger partial charge in [0.2, 0.25) is 10.0 Å². The van der Waals surface area contributed by atoms with Crippen molar-refractivity contribution in [1.82, 2.24) is 14.9 Å². The molecule has 2 N–H and O–H groups in total. The normalized spacial score (nSPS) is 12.3. The number of sulfonamides is 1. The minimum absolute atomic E-state index is 0.146. The van der Waals surface area contributed by atoms with Crippen LogP contribution >= 0.6 is 0 Å². The molecule has 1 rings (SSSR count). The van der Waals surface area contributed by atoms with Gasteiger partial charge < -0.3 is 10.2 Å². The third-order valence-electron chi connectivity index (χ3n) is 3.04. The first-order valence-corrected chi connectivity index (χ1v) is 8.19. The summed E-state index contributed by atoms with van der Waals surface area (Å²) in [5.74, 6) is -0.250. The van der Waals surface area contributed by atoms with Crippen molar-refractivity contribution in [3.8, 4) is 6.07 Å². The number of urea groups is 1. The fourth-order valence-corrected chi connectivity index (χ4v) is 2.59. The second-order valence-corrected chi connectivity index (χ2v) is 6.81. The van der Waals surface area contributed by atoms with Crippen LogP contribution in [0.25, 0.3) is 0 Å². The van der Waals surface area contributed by atoms with E-state index >= 15 is 0 Å². The molecule has 1 aromatic carbocycles. The molecule has 2 amide bonds. The highest BCUT2D eigenvalue weighted by Gasteiger charge is 2.13. The number of benzene rings is 1. The standard InChI is InChI=1S/C14H20N4O3S/c1-11(8-15)10-18(3)14(19)17-9-12-5-4-6-13(7-12)22(20,21)16-2/h4-7,11,16H,9-10H2,1-3H3,(H,17,19)/t11-/m1/s1. The van der Waals surface area contributed by atoms with Crippen molar-refractivity contribution in [3.63, 3.8) is 0 Å². The van der Waals surface area contributed by atoms with Gasteiger partial charge in [-0.2, -0.15) is 5.26 Å². The van der Waals surface area contributed by atoms with E-state index in [-0.39, 0.29) is 23.4 Å². The molecular weight excluding hydrogens is 304 g/mol. The molecule has 120 valence electrons. The number of amides is 2. The lowest BCUT2D eigenvalue weighted by atomic mass is 10.2. The van der Waals surface area contributed by atoms with Gasteiger partial charge in [-0.15, -0.1) is 0 Å². The minimum atomic E-state index is -3.50. The molecule has 22 heavy (non-hydrogen) atoms. The Hall–Kier alpha value is -2.11. The van der Waals surface area contributed by atoms with Gasteiger partial charge in [0.25, 0.3) is 0 Å². The summed E-state index contributed by atoms with van der Waals surface area (Å²) >= 11 is 0. The van der Waals surface area contributed by atoms with Gasteiger partial charge in [-0.05, 0) is 31.7 Å². The van der Waals surface area contributed by atoms with Gasteiger partial charge in [0.1, 0.15) is 0 Å². The Morgan fingerprint density at radius 1 is 1.45 bits per heavy atom. The van der Waals surface area contributed by atoms with Crippen LogP contribution in [0.4, 0.5) is 4.79 Å². The molecule has 7 nitrogen and oxygen atoms in total. The second kappa shape index (κ2) is 7.77. The Balaban J connectivity index is 2.68. The lowest BCUT2D eigenvalue weighted by Crippen LogP contribution is -2.39. The SMILES string of the molecule is CNS(=O)(=O)c1cccc(CNC(=O)N(C)C[C@H](C)C#N)c1. The van der Waals surface area contributed by atoms with Gasteiger partial charge in [-0.1, -0.05) is 12.1 Å². The molecule has 8 heteroatoms. The average Bonchev–Trinajstić information content (AvgIpc) is 2.52. The van der Waals surface area contributed by atoms with Crippen molar-refractivity contribution in [2.45, 2.75) is 18.4 Å². The smallest absolute Gasteiger partial charge is 0.317 e. The number of carbonyl (C=O) groups excluding carboxylic acids is 1. The summed E-state index contributed by atoms with van der Waals surface area (Å²) in [6.07, 6.45) is 0. The van der Waals surface area contributed by atoms with Gasteiger partial charge in [-0.25, -0.2) is 17.9 Å². The number of hydrogen-bond donors (Lipinski definition) is 2.